The Morgan fingerprint density at radius 1 is 1.31 bits per heavy atom. The number of nitrogens with one attached hydrogen (secondary N) is 2. The topological polar surface area (TPSA) is 59.6 Å². The summed E-state index contributed by atoms with van der Waals surface area (Å²) < 4.78 is 9.79. The van der Waals surface area contributed by atoms with Gasteiger partial charge in [-0.3, -0.25) is 0 Å². The van der Waals surface area contributed by atoms with E-state index in [4.69, 9.17) is 9.47 Å². The molecule has 13 heavy (non-hydrogen) atoms. The zero-order valence-electron chi connectivity index (χ0n) is 8.26. The van der Waals surface area contributed by atoms with Gasteiger partial charge >= 0.3 is 6.03 Å². The van der Waals surface area contributed by atoms with Gasteiger partial charge in [-0.25, -0.2) is 4.79 Å². The standard InChI is InChI=1S/C8H18N2O3/c1-3-4-9-8(11)10-7-13-6-5-12-2/h3-7H2,1-2H3,(H2,9,10,11). The second-order valence-electron chi connectivity index (χ2n) is 2.48. The number of amides is 2. The third-order valence-electron chi connectivity index (χ3n) is 1.30. The van der Waals surface area contributed by atoms with Crippen LogP contribution in [-0.2, 0) is 9.47 Å². The van der Waals surface area contributed by atoms with Crippen LogP contribution < -0.4 is 10.6 Å². The van der Waals surface area contributed by atoms with Gasteiger partial charge in [-0.1, -0.05) is 6.92 Å². The van der Waals surface area contributed by atoms with E-state index in [-0.39, 0.29) is 12.8 Å². The highest BCUT2D eigenvalue weighted by Crippen LogP contribution is 1.74. The van der Waals surface area contributed by atoms with Gasteiger partial charge in [0.2, 0.25) is 0 Å². The minimum atomic E-state index is -0.195. The molecule has 0 saturated carbocycles. The maximum Gasteiger partial charge on any atom is 0.316 e. The second kappa shape index (κ2) is 9.28. The Morgan fingerprint density at radius 2 is 2.08 bits per heavy atom. The van der Waals surface area contributed by atoms with Crippen LogP contribution in [0.1, 0.15) is 13.3 Å². The number of rotatable bonds is 7. The predicted octanol–water partition coefficient (Wildman–Crippen LogP) is 0.316. The van der Waals surface area contributed by atoms with Crippen molar-refractivity contribution in [1.29, 1.82) is 0 Å². The summed E-state index contributed by atoms with van der Waals surface area (Å²) in [4.78, 5) is 10.9. The highest BCUT2D eigenvalue weighted by Gasteiger charge is 1.95. The lowest BCUT2D eigenvalue weighted by Gasteiger charge is -2.06. The molecule has 0 aromatic carbocycles. The Hall–Kier alpha value is -0.810. The van der Waals surface area contributed by atoms with Crippen LogP contribution in [-0.4, -0.2) is 39.6 Å². The summed E-state index contributed by atoms with van der Waals surface area (Å²) in [7, 11) is 1.60. The van der Waals surface area contributed by atoms with Gasteiger partial charge in [-0.05, 0) is 6.42 Å². The van der Waals surface area contributed by atoms with Crippen molar-refractivity contribution in [3.05, 3.63) is 0 Å². The Morgan fingerprint density at radius 3 is 2.69 bits per heavy atom. The summed E-state index contributed by atoms with van der Waals surface area (Å²) in [5, 5.41) is 5.21. The molecule has 0 fully saturated rings. The first kappa shape index (κ1) is 12.2. The van der Waals surface area contributed by atoms with Crippen LogP contribution >= 0.6 is 0 Å². The van der Waals surface area contributed by atoms with E-state index in [0.717, 1.165) is 6.42 Å². The molecule has 2 amide bonds. The van der Waals surface area contributed by atoms with E-state index in [1.54, 1.807) is 7.11 Å². The average Bonchev–Trinajstić information content (AvgIpc) is 2.14. The van der Waals surface area contributed by atoms with E-state index >= 15 is 0 Å². The Labute approximate surface area is 78.8 Å². The first-order valence-corrected chi connectivity index (χ1v) is 4.39. The van der Waals surface area contributed by atoms with Crippen LogP contribution in [0.2, 0.25) is 0 Å². The summed E-state index contributed by atoms with van der Waals surface area (Å²) in [6.07, 6.45) is 0.929. The molecule has 5 nitrogen and oxygen atoms in total. The zero-order valence-corrected chi connectivity index (χ0v) is 8.26. The van der Waals surface area contributed by atoms with Crippen LogP contribution in [0, 0.1) is 0 Å². The second-order valence-corrected chi connectivity index (χ2v) is 2.48. The first-order chi connectivity index (χ1) is 6.31. The van der Waals surface area contributed by atoms with Gasteiger partial charge in [0.15, 0.2) is 0 Å². The van der Waals surface area contributed by atoms with Crippen LogP contribution in [0.5, 0.6) is 0 Å². The van der Waals surface area contributed by atoms with E-state index < -0.39 is 0 Å². The molecule has 2 N–H and O–H groups in total. The first-order valence-electron chi connectivity index (χ1n) is 4.39. The molecule has 0 unspecified atom stereocenters. The summed E-state index contributed by atoms with van der Waals surface area (Å²) in [6, 6.07) is -0.195. The Kier molecular flexibility index (Phi) is 8.70. The predicted molar refractivity (Wildman–Crippen MR) is 49.5 cm³/mol. The van der Waals surface area contributed by atoms with Crippen molar-refractivity contribution >= 4 is 6.03 Å². The molecule has 78 valence electrons. The highest BCUT2D eigenvalue weighted by atomic mass is 16.5. The van der Waals surface area contributed by atoms with Crippen molar-refractivity contribution in [2.75, 3.05) is 33.6 Å². The highest BCUT2D eigenvalue weighted by molar-refractivity contribution is 5.73. The Balaban J connectivity index is 3.08. The van der Waals surface area contributed by atoms with Crippen molar-refractivity contribution in [1.82, 2.24) is 10.6 Å². The van der Waals surface area contributed by atoms with E-state index in [9.17, 15) is 4.79 Å². The minimum Gasteiger partial charge on any atom is -0.382 e. The largest absolute Gasteiger partial charge is 0.382 e. The number of carbonyl (C=O) groups excluding carboxylic acids is 1. The van der Waals surface area contributed by atoms with Crippen molar-refractivity contribution in [2.24, 2.45) is 0 Å². The maximum atomic E-state index is 10.9. The summed E-state index contributed by atoms with van der Waals surface area (Å²) in [5.74, 6) is 0. The van der Waals surface area contributed by atoms with Gasteiger partial charge in [0.25, 0.3) is 0 Å². The molecule has 0 aliphatic heterocycles. The van der Waals surface area contributed by atoms with Crippen LogP contribution in [0.15, 0.2) is 0 Å². The molecule has 0 saturated heterocycles. The quantitative estimate of drug-likeness (QED) is 0.449. The fourth-order valence-electron chi connectivity index (χ4n) is 0.632. The molecule has 0 aromatic heterocycles. The minimum absolute atomic E-state index is 0.195. The number of carbonyl (C=O) groups is 1. The molecule has 5 heteroatoms. The van der Waals surface area contributed by atoms with Crippen molar-refractivity contribution in [3.8, 4) is 0 Å². The van der Waals surface area contributed by atoms with E-state index in [0.29, 0.717) is 19.8 Å². The number of urea groups is 1. The molecule has 0 radical (unpaired) electrons. The maximum absolute atomic E-state index is 10.9. The molecule has 0 heterocycles. The average molecular weight is 190 g/mol. The lowest BCUT2D eigenvalue weighted by molar-refractivity contribution is 0.0642. The Bertz CT molecular complexity index is 131. The molecule has 0 aromatic rings. The van der Waals surface area contributed by atoms with Crippen molar-refractivity contribution < 1.29 is 14.3 Å². The molecular weight excluding hydrogens is 172 g/mol. The van der Waals surface area contributed by atoms with Gasteiger partial charge < -0.3 is 20.1 Å². The lowest BCUT2D eigenvalue weighted by atomic mass is 10.5. The van der Waals surface area contributed by atoms with Gasteiger partial charge in [0.05, 0.1) is 13.2 Å². The molecular formula is C8H18N2O3. The number of ether oxygens (including phenoxy) is 2. The fraction of sp³-hybridized carbons (Fsp3) is 0.875. The van der Waals surface area contributed by atoms with Gasteiger partial charge in [-0.2, -0.15) is 0 Å². The van der Waals surface area contributed by atoms with Gasteiger partial charge in [-0.15, -0.1) is 0 Å². The molecule has 0 bridgehead atoms. The number of methoxy groups -OCH3 is 1. The molecule has 0 atom stereocenters. The van der Waals surface area contributed by atoms with E-state index in [1.165, 1.54) is 0 Å². The van der Waals surface area contributed by atoms with E-state index in [2.05, 4.69) is 10.6 Å². The normalized spacial score (nSPS) is 9.69. The lowest BCUT2D eigenvalue weighted by Crippen LogP contribution is -2.37. The summed E-state index contributed by atoms with van der Waals surface area (Å²) in [6.45, 7) is 3.93. The summed E-state index contributed by atoms with van der Waals surface area (Å²) >= 11 is 0. The molecule has 0 aliphatic rings. The SMILES string of the molecule is CCCNC(=O)NCOCCOC. The van der Waals surface area contributed by atoms with E-state index in [1.807, 2.05) is 6.92 Å². The molecule has 0 spiro atoms. The van der Waals surface area contributed by atoms with Gasteiger partial charge in [0, 0.05) is 13.7 Å². The zero-order chi connectivity index (χ0) is 9.94. The number of hydrogen-bond donors (Lipinski definition) is 2. The van der Waals surface area contributed by atoms with Crippen LogP contribution in [0.25, 0.3) is 0 Å². The molecule has 0 aliphatic carbocycles. The monoisotopic (exact) mass is 190 g/mol. The number of hydrogen-bond acceptors (Lipinski definition) is 3. The van der Waals surface area contributed by atoms with Crippen LogP contribution in [0.3, 0.4) is 0 Å². The third kappa shape index (κ3) is 9.10. The van der Waals surface area contributed by atoms with Crippen LogP contribution in [0.4, 0.5) is 4.79 Å². The third-order valence-corrected chi connectivity index (χ3v) is 1.30. The van der Waals surface area contributed by atoms with Gasteiger partial charge in [0.1, 0.15) is 6.73 Å². The molecule has 0 rings (SSSR count). The summed E-state index contributed by atoms with van der Waals surface area (Å²) in [5.41, 5.74) is 0. The van der Waals surface area contributed by atoms with Crippen molar-refractivity contribution in [2.45, 2.75) is 13.3 Å². The fourth-order valence-corrected chi connectivity index (χ4v) is 0.632. The van der Waals surface area contributed by atoms with Crippen molar-refractivity contribution in [3.63, 3.8) is 0 Å². The smallest absolute Gasteiger partial charge is 0.316 e.